The van der Waals surface area contributed by atoms with Gasteiger partial charge in [0, 0.05) is 12.5 Å². The van der Waals surface area contributed by atoms with Crippen molar-refractivity contribution in [1.29, 1.82) is 0 Å². The van der Waals surface area contributed by atoms with E-state index in [0.29, 0.717) is 25.3 Å². The number of aromatic nitrogens is 2. The zero-order chi connectivity index (χ0) is 18.3. The first-order valence-corrected chi connectivity index (χ1v) is 9.02. The summed E-state index contributed by atoms with van der Waals surface area (Å²) >= 11 is 0. The van der Waals surface area contributed by atoms with Crippen LogP contribution in [0.5, 0.6) is 5.75 Å². The fourth-order valence-electron chi connectivity index (χ4n) is 3.82. The van der Waals surface area contributed by atoms with E-state index < -0.39 is 0 Å². The summed E-state index contributed by atoms with van der Waals surface area (Å²) in [5.41, 5.74) is 8.90. The van der Waals surface area contributed by atoms with Gasteiger partial charge in [0.25, 0.3) is 0 Å². The SMILES string of the molecule is Cc1cc(N)n(CC(=O)NC(c2ccc3c(c2)CCO3)C2CC(O)C2)n1. The summed E-state index contributed by atoms with van der Waals surface area (Å²) in [7, 11) is 0. The molecule has 7 heteroatoms. The zero-order valence-corrected chi connectivity index (χ0v) is 14.8. The van der Waals surface area contributed by atoms with E-state index in [1.807, 2.05) is 19.1 Å². The molecule has 1 aliphatic carbocycles. The lowest BCUT2D eigenvalue weighted by Crippen LogP contribution is -2.42. The van der Waals surface area contributed by atoms with Crippen molar-refractivity contribution in [1.82, 2.24) is 15.1 Å². The number of anilines is 1. The van der Waals surface area contributed by atoms with Crippen molar-refractivity contribution in [2.24, 2.45) is 5.92 Å². The quantitative estimate of drug-likeness (QED) is 0.750. The van der Waals surface area contributed by atoms with Gasteiger partial charge < -0.3 is 20.9 Å². The number of nitrogens with one attached hydrogen (secondary N) is 1. The number of carbonyl (C=O) groups is 1. The minimum atomic E-state index is -0.276. The van der Waals surface area contributed by atoms with Crippen LogP contribution >= 0.6 is 0 Å². The van der Waals surface area contributed by atoms with E-state index in [1.165, 1.54) is 10.2 Å². The van der Waals surface area contributed by atoms with Crippen molar-refractivity contribution in [2.75, 3.05) is 12.3 Å². The van der Waals surface area contributed by atoms with E-state index in [4.69, 9.17) is 10.5 Å². The van der Waals surface area contributed by atoms with Gasteiger partial charge in [0.2, 0.25) is 5.91 Å². The van der Waals surface area contributed by atoms with Crippen LogP contribution in [0.15, 0.2) is 24.3 Å². The van der Waals surface area contributed by atoms with E-state index in [9.17, 15) is 9.90 Å². The average Bonchev–Trinajstić information content (AvgIpc) is 3.15. The highest BCUT2D eigenvalue weighted by molar-refractivity contribution is 5.76. The number of nitrogens with two attached hydrogens (primary N) is 1. The van der Waals surface area contributed by atoms with Gasteiger partial charge >= 0.3 is 0 Å². The molecular formula is C19H24N4O3. The Kier molecular flexibility index (Phi) is 4.32. The Morgan fingerprint density at radius 3 is 2.96 bits per heavy atom. The number of benzene rings is 1. The number of hydrogen-bond donors (Lipinski definition) is 3. The second-order valence-electron chi connectivity index (χ2n) is 7.26. The number of aliphatic hydroxyl groups is 1. The molecule has 7 nitrogen and oxygen atoms in total. The number of aliphatic hydroxyl groups excluding tert-OH is 1. The molecule has 0 radical (unpaired) electrons. The van der Waals surface area contributed by atoms with E-state index in [1.54, 1.807) is 6.07 Å². The lowest BCUT2D eigenvalue weighted by molar-refractivity contribution is -0.123. The summed E-state index contributed by atoms with van der Waals surface area (Å²) in [6, 6.07) is 7.71. The molecule has 0 bridgehead atoms. The number of nitrogens with zero attached hydrogens (tertiary/aromatic N) is 2. The molecule has 2 aliphatic rings. The summed E-state index contributed by atoms with van der Waals surface area (Å²) in [4.78, 5) is 12.6. The summed E-state index contributed by atoms with van der Waals surface area (Å²) in [5.74, 6) is 1.49. The van der Waals surface area contributed by atoms with Crippen LogP contribution in [0.1, 0.15) is 35.7 Å². The van der Waals surface area contributed by atoms with Gasteiger partial charge in [0.05, 0.1) is 24.4 Å². The maximum atomic E-state index is 12.6. The van der Waals surface area contributed by atoms with E-state index in [-0.39, 0.29) is 30.5 Å². The fraction of sp³-hybridized carbons (Fsp3) is 0.474. The highest BCUT2D eigenvalue weighted by Crippen LogP contribution is 2.39. The third kappa shape index (κ3) is 3.26. The van der Waals surface area contributed by atoms with Crippen LogP contribution in [0, 0.1) is 12.8 Å². The molecule has 0 saturated heterocycles. The molecule has 1 aromatic heterocycles. The summed E-state index contributed by atoms with van der Waals surface area (Å²) in [6.45, 7) is 2.63. The van der Waals surface area contributed by atoms with Crippen LogP contribution < -0.4 is 15.8 Å². The van der Waals surface area contributed by atoms with Gasteiger partial charge in [-0.2, -0.15) is 5.10 Å². The van der Waals surface area contributed by atoms with Crippen LogP contribution in [0.3, 0.4) is 0 Å². The molecule has 1 amide bonds. The Bertz CT molecular complexity index is 826. The summed E-state index contributed by atoms with van der Waals surface area (Å²) < 4.78 is 7.08. The third-order valence-corrected chi connectivity index (χ3v) is 5.24. The van der Waals surface area contributed by atoms with Gasteiger partial charge in [-0.25, -0.2) is 4.68 Å². The molecule has 1 aromatic carbocycles. The Morgan fingerprint density at radius 2 is 2.27 bits per heavy atom. The Hall–Kier alpha value is -2.54. The van der Waals surface area contributed by atoms with E-state index >= 15 is 0 Å². The van der Waals surface area contributed by atoms with E-state index in [2.05, 4.69) is 16.5 Å². The average molecular weight is 356 g/mol. The first-order valence-electron chi connectivity index (χ1n) is 9.02. The Labute approximate surface area is 152 Å². The lowest BCUT2D eigenvalue weighted by Gasteiger charge is -2.38. The molecule has 138 valence electrons. The smallest absolute Gasteiger partial charge is 0.242 e. The number of fused-ring (bicyclic) bond motifs is 1. The molecule has 4 rings (SSSR count). The minimum Gasteiger partial charge on any atom is -0.493 e. The summed E-state index contributed by atoms with van der Waals surface area (Å²) in [6.07, 6.45) is 2.00. The third-order valence-electron chi connectivity index (χ3n) is 5.24. The van der Waals surface area contributed by atoms with Crippen LogP contribution in [0.25, 0.3) is 0 Å². The molecule has 26 heavy (non-hydrogen) atoms. The number of rotatable bonds is 5. The van der Waals surface area contributed by atoms with Crippen molar-refractivity contribution in [2.45, 2.75) is 44.9 Å². The summed E-state index contributed by atoms with van der Waals surface area (Å²) in [5, 5.41) is 17.1. The molecule has 1 unspecified atom stereocenters. The Balaban J connectivity index is 1.52. The van der Waals surface area contributed by atoms with Gasteiger partial charge in [0.1, 0.15) is 18.1 Å². The first kappa shape index (κ1) is 16.9. The number of amides is 1. The van der Waals surface area contributed by atoms with Crippen LogP contribution in [-0.2, 0) is 17.8 Å². The van der Waals surface area contributed by atoms with Crippen molar-refractivity contribution >= 4 is 11.7 Å². The monoisotopic (exact) mass is 356 g/mol. The van der Waals surface area contributed by atoms with Crippen molar-refractivity contribution in [3.8, 4) is 5.75 Å². The highest BCUT2D eigenvalue weighted by Gasteiger charge is 2.36. The topological polar surface area (TPSA) is 102 Å². The van der Waals surface area contributed by atoms with Crippen molar-refractivity contribution in [3.63, 3.8) is 0 Å². The maximum absolute atomic E-state index is 12.6. The molecule has 1 fully saturated rings. The zero-order valence-electron chi connectivity index (χ0n) is 14.8. The normalized spacial score (nSPS) is 22.2. The molecule has 1 saturated carbocycles. The number of carbonyl (C=O) groups excluding carboxylic acids is 1. The first-order chi connectivity index (χ1) is 12.5. The van der Waals surface area contributed by atoms with Crippen molar-refractivity contribution < 1.29 is 14.6 Å². The Morgan fingerprint density at radius 1 is 1.46 bits per heavy atom. The van der Waals surface area contributed by atoms with Crippen LogP contribution in [0.2, 0.25) is 0 Å². The molecule has 4 N–H and O–H groups in total. The largest absolute Gasteiger partial charge is 0.493 e. The second kappa shape index (κ2) is 6.64. The minimum absolute atomic E-state index is 0.0828. The van der Waals surface area contributed by atoms with Crippen molar-refractivity contribution in [3.05, 3.63) is 41.1 Å². The van der Waals surface area contributed by atoms with E-state index in [0.717, 1.165) is 23.4 Å². The number of aryl methyl sites for hydroxylation is 1. The second-order valence-corrected chi connectivity index (χ2v) is 7.26. The van der Waals surface area contributed by atoms with Gasteiger partial charge in [-0.05, 0) is 48.9 Å². The molecule has 1 aliphatic heterocycles. The predicted molar refractivity (Wildman–Crippen MR) is 96.6 cm³/mol. The van der Waals surface area contributed by atoms with Gasteiger partial charge in [0.15, 0.2) is 0 Å². The van der Waals surface area contributed by atoms with Crippen LogP contribution in [-0.4, -0.2) is 33.5 Å². The number of nitrogen functional groups attached to an aromatic ring is 1. The predicted octanol–water partition coefficient (Wildman–Crippen LogP) is 1.34. The molecule has 2 heterocycles. The van der Waals surface area contributed by atoms with Gasteiger partial charge in [-0.15, -0.1) is 0 Å². The number of ether oxygens (including phenoxy) is 1. The molecule has 2 aromatic rings. The lowest BCUT2D eigenvalue weighted by atomic mass is 9.75. The standard InChI is InChI=1S/C19H24N4O3/c1-11-6-17(20)23(22-11)10-18(25)21-19(14-8-15(24)9-14)13-2-3-16-12(7-13)4-5-26-16/h2-3,6-7,14-15,19,24H,4-5,8-10,20H2,1H3,(H,21,25). The van der Waals surface area contributed by atoms with Crippen LogP contribution in [0.4, 0.5) is 5.82 Å². The maximum Gasteiger partial charge on any atom is 0.242 e. The molecular weight excluding hydrogens is 332 g/mol. The van der Waals surface area contributed by atoms with Gasteiger partial charge in [-0.3, -0.25) is 4.79 Å². The molecule has 1 atom stereocenters. The molecule has 0 spiro atoms. The van der Waals surface area contributed by atoms with Gasteiger partial charge in [-0.1, -0.05) is 6.07 Å². The fourth-order valence-corrected chi connectivity index (χ4v) is 3.82. The number of hydrogen-bond acceptors (Lipinski definition) is 5. The highest BCUT2D eigenvalue weighted by atomic mass is 16.5.